The number of rotatable bonds is 5. The summed E-state index contributed by atoms with van der Waals surface area (Å²) in [6.07, 6.45) is 0.945. The van der Waals surface area contributed by atoms with Gasteiger partial charge in [-0.3, -0.25) is 4.72 Å². The zero-order chi connectivity index (χ0) is 16.1. The van der Waals surface area contributed by atoms with Gasteiger partial charge in [0.25, 0.3) is 0 Å². The van der Waals surface area contributed by atoms with Crippen LogP contribution >= 0.6 is 0 Å². The van der Waals surface area contributed by atoms with Crippen LogP contribution in [0.3, 0.4) is 0 Å². The molecule has 0 radical (unpaired) electrons. The number of sulfonamides is 1. The van der Waals surface area contributed by atoms with Crippen molar-refractivity contribution in [3.8, 4) is 11.8 Å². The molecule has 0 aliphatic rings. The van der Waals surface area contributed by atoms with Crippen LogP contribution in [0.2, 0.25) is 0 Å². The predicted octanol–water partition coefficient (Wildman–Crippen LogP) is -0.0778. The third-order valence-corrected chi connectivity index (χ3v) is 4.78. The molecule has 0 aromatic heterocycles. The molecule has 21 heavy (non-hydrogen) atoms. The molecule has 0 aliphatic heterocycles. The Morgan fingerprint density at radius 2 is 1.90 bits per heavy atom. The number of nitrogens with two attached hydrogens (primary N) is 1. The lowest BCUT2D eigenvalue weighted by atomic mass is 10.2. The van der Waals surface area contributed by atoms with E-state index in [0.717, 1.165) is 12.3 Å². The number of anilines is 1. The van der Waals surface area contributed by atoms with Crippen molar-refractivity contribution in [1.82, 2.24) is 0 Å². The van der Waals surface area contributed by atoms with Crippen LogP contribution in [-0.4, -0.2) is 41.1 Å². The Kier molecular flexibility index (Phi) is 5.71. The van der Waals surface area contributed by atoms with Crippen LogP contribution in [0.1, 0.15) is 5.56 Å². The van der Waals surface area contributed by atoms with Gasteiger partial charge >= 0.3 is 0 Å². The number of halogens is 1. The van der Waals surface area contributed by atoms with Gasteiger partial charge in [-0.2, -0.15) is 0 Å². The lowest BCUT2D eigenvalue weighted by molar-refractivity contribution is 0.593. The lowest BCUT2D eigenvalue weighted by Gasteiger charge is -2.08. The van der Waals surface area contributed by atoms with Crippen LogP contribution in [0.25, 0.3) is 0 Å². The van der Waals surface area contributed by atoms with E-state index in [1.54, 1.807) is 0 Å². The van der Waals surface area contributed by atoms with Gasteiger partial charge in [-0.15, -0.1) is 0 Å². The van der Waals surface area contributed by atoms with Gasteiger partial charge in [0, 0.05) is 11.9 Å². The average Bonchev–Trinajstić information content (AvgIpc) is 2.36. The minimum Gasteiger partial charge on any atom is -0.320 e. The molecule has 0 heterocycles. The molecule has 116 valence electrons. The average molecular weight is 334 g/mol. The maximum absolute atomic E-state index is 13.4. The van der Waals surface area contributed by atoms with E-state index >= 15 is 0 Å². The van der Waals surface area contributed by atoms with Gasteiger partial charge in [0.05, 0.1) is 23.6 Å². The molecule has 0 amide bonds. The SMILES string of the molecule is CS(=O)(=O)CCS(=O)(=O)Nc1ccc(F)c(C#CCN)c1. The summed E-state index contributed by atoms with van der Waals surface area (Å²) in [4.78, 5) is 0. The van der Waals surface area contributed by atoms with Gasteiger partial charge < -0.3 is 5.73 Å². The first-order valence-electron chi connectivity index (χ1n) is 5.80. The summed E-state index contributed by atoms with van der Waals surface area (Å²) in [5.41, 5.74) is 5.29. The van der Waals surface area contributed by atoms with Crippen molar-refractivity contribution in [2.75, 3.05) is 29.0 Å². The largest absolute Gasteiger partial charge is 0.320 e. The smallest absolute Gasteiger partial charge is 0.233 e. The fraction of sp³-hybridized carbons (Fsp3) is 0.333. The van der Waals surface area contributed by atoms with Crippen molar-refractivity contribution >= 4 is 25.5 Å². The Morgan fingerprint density at radius 3 is 2.48 bits per heavy atom. The van der Waals surface area contributed by atoms with Crippen molar-refractivity contribution in [2.45, 2.75) is 0 Å². The monoisotopic (exact) mass is 334 g/mol. The highest BCUT2D eigenvalue weighted by Crippen LogP contribution is 2.15. The molecular weight excluding hydrogens is 319 g/mol. The highest BCUT2D eigenvalue weighted by atomic mass is 32.2. The number of benzene rings is 1. The zero-order valence-corrected chi connectivity index (χ0v) is 12.9. The number of sulfone groups is 1. The van der Waals surface area contributed by atoms with Crippen LogP contribution < -0.4 is 10.5 Å². The van der Waals surface area contributed by atoms with Gasteiger partial charge in [0.15, 0.2) is 0 Å². The third kappa shape index (κ3) is 6.57. The predicted molar refractivity (Wildman–Crippen MR) is 79.5 cm³/mol. The molecule has 0 bridgehead atoms. The molecule has 0 atom stereocenters. The summed E-state index contributed by atoms with van der Waals surface area (Å²) >= 11 is 0. The van der Waals surface area contributed by atoms with Gasteiger partial charge in [-0.05, 0) is 18.2 Å². The Balaban J connectivity index is 2.92. The summed E-state index contributed by atoms with van der Waals surface area (Å²) < 4.78 is 61.0. The fourth-order valence-electron chi connectivity index (χ4n) is 1.32. The van der Waals surface area contributed by atoms with E-state index in [9.17, 15) is 21.2 Å². The van der Waals surface area contributed by atoms with Crippen LogP contribution in [0.4, 0.5) is 10.1 Å². The molecule has 1 rings (SSSR count). The van der Waals surface area contributed by atoms with Crippen LogP contribution in [0.5, 0.6) is 0 Å². The topological polar surface area (TPSA) is 106 Å². The van der Waals surface area contributed by atoms with E-state index in [1.165, 1.54) is 12.1 Å². The Bertz CT molecular complexity index is 777. The quantitative estimate of drug-likeness (QED) is 0.733. The maximum Gasteiger partial charge on any atom is 0.233 e. The molecule has 0 fully saturated rings. The van der Waals surface area contributed by atoms with Crippen LogP contribution in [-0.2, 0) is 19.9 Å². The second kappa shape index (κ2) is 6.89. The molecule has 1 aromatic rings. The summed E-state index contributed by atoms with van der Waals surface area (Å²) in [6, 6.07) is 3.51. The van der Waals surface area contributed by atoms with Crippen molar-refractivity contribution in [3.63, 3.8) is 0 Å². The summed E-state index contributed by atoms with van der Waals surface area (Å²) in [5.74, 6) is 3.26. The standard InChI is InChI=1S/C12H15FN2O4S2/c1-20(16,17)7-8-21(18,19)15-11-4-5-12(13)10(9-11)3-2-6-14/h4-5,9,15H,6-8,14H2,1H3. The van der Waals surface area contributed by atoms with E-state index in [4.69, 9.17) is 5.73 Å². The van der Waals surface area contributed by atoms with E-state index in [0.29, 0.717) is 0 Å². The van der Waals surface area contributed by atoms with E-state index in [-0.39, 0.29) is 17.8 Å². The molecule has 0 aliphatic carbocycles. The van der Waals surface area contributed by atoms with Gasteiger partial charge in [0.2, 0.25) is 10.0 Å². The zero-order valence-electron chi connectivity index (χ0n) is 11.3. The third-order valence-electron chi connectivity index (χ3n) is 2.29. The van der Waals surface area contributed by atoms with Crippen molar-refractivity contribution in [1.29, 1.82) is 0 Å². The van der Waals surface area contributed by atoms with Gasteiger partial charge in [-0.25, -0.2) is 21.2 Å². The Hall–Kier alpha value is -1.63. The highest BCUT2D eigenvalue weighted by molar-refractivity contribution is 7.95. The molecule has 0 unspecified atom stereocenters. The normalized spacial score (nSPS) is 11.6. The second-order valence-corrected chi connectivity index (χ2v) is 8.35. The van der Waals surface area contributed by atoms with Crippen LogP contribution in [0, 0.1) is 17.7 Å². The molecule has 0 saturated carbocycles. The number of hydrogen-bond acceptors (Lipinski definition) is 5. The van der Waals surface area contributed by atoms with Crippen molar-refractivity contribution in [2.24, 2.45) is 5.73 Å². The first-order chi connectivity index (χ1) is 9.63. The number of nitrogens with one attached hydrogen (secondary N) is 1. The second-order valence-electron chi connectivity index (χ2n) is 4.25. The van der Waals surface area contributed by atoms with Crippen molar-refractivity contribution < 1.29 is 21.2 Å². The van der Waals surface area contributed by atoms with Crippen LogP contribution in [0.15, 0.2) is 18.2 Å². The molecule has 0 spiro atoms. The summed E-state index contributed by atoms with van der Waals surface area (Å²) in [7, 11) is -7.23. The molecular formula is C12H15FN2O4S2. The minimum absolute atomic E-state index is 0.00348. The minimum atomic E-state index is -3.84. The Labute approximate surface area is 123 Å². The maximum atomic E-state index is 13.4. The molecule has 9 heteroatoms. The molecule has 6 nitrogen and oxygen atoms in total. The van der Waals surface area contributed by atoms with E-state index in [1.807, 2.05) is 0 Å². The van der Waals surface area contributed by atoms with Crippen molar-refractivity contribution in [3.05, 3.63) is 29.6 Å². The van der Waals surface area contributed by atoms with Gasteiger partial charge in [0.1, 0.15) is 15.7 Å². The highest BCUT2D eigenvalue weighted by Gasteiger charge is 2.15. The Morgan fingerprint density at radius 1 is 1.24 bits per heavy atom. The first kappa shape index (κ1) is 17.4. The summed E-state index contributed by atoms with van der Waals surface area (Å²) in [5, 5.41) is 0. The summed E-state index contributed by atoms with van der Waals surface area (Å²) in [6.45, 7) is 0.0454. The first-order valence-corrected chi connectivity index (χ1v) is 9.51. The molecule has 3 N–H and O–H groups in total. The molecule has 1 aromatic carbocycles. The lowest BCUT2D eigenvalue weighted by Crippen LogP contribution is -2.22. The van der Waals surface area contributed by atoms with Gasteiger partial charge in [-0.1, -0.05) is 11.8 Å². The van der Waals surface area contributed by atoms with E-state index < -0.39 is 37.2 Å². The van der Waals surface area contributed by atoms with E-state index in [2.05, 4.69) is 16.6 Å². The fourth-order valence-corrected chi connectivity index (χ4v) is 4.00. The molecule has 0 saturated heterocycles. The number of hydrogen-bond donors (Lipinski definition) is 2.